The van der Waals surface area contributed by atoms with E-state index in [9.17, 15) is 0 Å². The summed E-state index contributed by atoms with van der Waals surface area (Å²) in [5.41, 5.74) is 5.11. The van der Waals surface area contributed by atoms with Crippen LogP contribution in [0.2, 0.25) is 0 Å². The average molecular weight is 397 g/mol. The average Bonchev–Trinajstić information content (AvgIpc) is 2.48. The van der Waals surface area contributed by atoms with Gasteiger partial charge in [0.2, 0.25) is 0 Å². The van der Waals surface area contributed by atoms with E-state index in [2.05, 4.69) is 15.5 Å². The van der Waals surface area contributed by atoms with E-state index in [1.807, 2.05) is 66.9 Å². The predicted octanol–water partition coefficient (Wildman–Crippen LogP) is -1.25. The molecule has 2 rings (SSSR count). The zero-order chi connectivity index (χ0) is 13.3. The zero-order valence-electron chi connectivity index (χ0n) is 11.1. The molecule has 2 N–H and O–H groups in total. The summed E-state index contributed by atoms with van der Waals surface area (Å²) >= 11 is 1.58. The van der Waals surface area contributed by atoms with Gasteiger partial charge in [0, 0.05) is 0 Å². The Morgan fingerprint density at radius 2 is 1.65 bits per heavy atom. The molecule has 0 aliphatic carbocycles. The molecule has 5 heteroatoms. The number of nitrogens with one attached hydrogen (secondary N) is 2. The summed E-state index contributed by atoms with van der Waals surface area (Å²) in [4.78, 5) is 3.27. The highest BCUT2D eigenvalue weighted by Gasteiger charge is 2.02. The second kappa shape index (κ2) is 9.55. The van der Waals surface area contributed by atoms with Gasteiger partial charge in [-0.05, 0) is 35.7 Å². The largest absolute Gasteiger partial charge is 1.00 e. The van der Waals surface area contributed by atoms with Crippen LogP contribution < -0.4 is 34.4 Å². The van der Waals surface area contributed by atoms with Crippen LogP contribution in [0.4, 0.5) is 5.69 Å². The lowest BCUT2D eigenvalue weighted by atomic mass is 10.2. The smallest absolute Gasteiger partial charge is 0.334 e. The van der Waals surface area contributed by atoms with Gasteiger partial charge in [0.15, 0.2) is 0 Å². The van der Waals surface area contributed by atoms with Gasteiger partial charge in [-0.2, -0.15) is 0 Å². The minimum absolute atomic E-state index is 0. The Kier molecular flexibility index (Phi) is 7.98. The molecule has 0 spiro atoms. The number of hydrogen-bond donors (Lipinski definition) is 2. The maximum absolute atomic E-state index is 4.21. The zero-order valence-corrected chi connectivity index (χ0v) is 14.1. The van der Waals surface area contributed by atoms with Crippen molar-refractivity contribution in [1.29, 1.82) is 0 Å². The lowest BCUT2D eigenvalue weighted by molar-refractivity contribution is -0.352. The molecule has 0 atom stereocenters. The second-order valence-electron chi connectivity index (χ2n) is 3.80. The van der Waals surface area contributed by atoms with Gasteiger partial charge < -0.3 is 24.0 Å². The third-order valence-electron chi connectivity index (χ3n) is 2.42. The fourth-order valence-electron chi connectivity index (χ4n) is 1.48. The number of hydrogen-bond acceptors (Lipinski definition) is 2. The van der Waals surface area contributed by atoms with Crippen LogP contribution in [-0.4, -0.2) is 17.6 Å². The number of hydrazone groups is 1. The quantitative estimate of drug-likeness (QED) is 0.294. The molecule has 0 saturated heterocycles. The Morgan fingerprint density at radius 1 is 1.05 bits per heavy atom. The molecule has 0 amide bonds. The minimum atomic E-state index is 0. The van der Waals surface area contributed by atoms with Crippen molar-refractivity contribution < 1.29 is 29.0 Å². The van der Waals surface area contributed by atoms with Crippen LogP contribution in [0.3, 0.4) is 0 Å². The topological polar surface area (TPSA) is 38.4 Å². The maximum Gasteiger partial charge on any atom is 0.334 e. The minimum Gasteiger partial charge on any atom is -1.00 e. The molecular formula is C15H16IN3S. The fourth-order valence-corrected chi connectivity index (χ4v) is 1.85. The molecule has 3 nitrogen and oxygen atoms in total. The van der Waals surface area contributed by atoms with Crippen LogP contribution in [0, 0.1) is 0 Å². The normalized spacial score (nSPS) is 11.2. The van der Waals surface area contributed by atoms with Gasteiger partial charge in [-0.1, -0.05) is 53.6 Å². The monoisotopic (exact) mass is 397 g/mol. The van der Waals surface area contributed by atoms with Crippen molar-refractivity contribution in [3.05, 3.63) is 66.2 Å². The van der Waals surface area contributed by atoms with E-state index in [-0.39, 0.29) is 24.0 Å². The number of rotatable bonds is 3. The molecule has 0 radical (unpaired) electrons. The van der Waals surface area contributed by atoms with Crippen molar-refractivity contribution in [1.82, 2.24) is 5.43 Å². The van der Waals surface area contributed by atoms with Crippen LogP contribution in [-0.2, 0) is 0 Å². The highest BCUT2D eigenvalue weighted by molar-refractivity contribution is 8.12. The molecule has 20 heavy (non-hydrogen) atoms. The molecule has 0 unspecified atom stereocenters. The second-order valence-corrected chi connectivity index (χ2v) is 4.62. The lowest BCUT2D eigenvalue weighted by Gasteiger charge is -1.95. The van der Waals surface area contributed by atoms with Crippen LogP contribution in [0.15, 0.2) is 65.8 Å². The first-order valence-electron chi connectivity index (χ1n) is 5.95. The molecule has 0 aliphatic rings. The van der Waals surface area contributed by atoms with Gasteiger partial charge in [-0.15, -0.1) is 5.43 Å². The Morgan fingerprint density at radius 3 is 2.25 bits per heavy atom. The summed E-state index contributed by atoms with van der Waals surface area (Å²) in [6.07, 6.45) is 3.79. The van der Waals surface area contributed by atoms with Crippen LogP contribution in [0.5, 0.6) is 0 Å². The van der Waals surface area contributed by atoms with E-state index in [1.54, 1.807) is 18.0 Å². The Balaban J connectivity index is 0.00000200. The van der Waals surface area contributed by atoms with Crippen molar-refractivity contribution in [3.8, 4) is 0 Å². The molecule has 0 saturated carbocycles. The third-order valence-corrected chi connectivity index (χ3v) is 3.02. The molecule has 0 bridgehead atoms. The van der Waals surface area contributed by atoms with Gasteiger partial charge in [0.25, 0.3) is 0 Å². The number of halogens is 1. The van der Waals surface area contributed by atoms with Gasteiger partial charge >= 0.3 is 5.17 Å². The molecule has 2 aromatic carbocycles. The van der Waals surface area contributed by atoms with E-state index < -0.39 is 0 Å². The van der Waals surface area contributed by atoms with Crippen molar-refractivity contribution in [2.75, 3.05) is 6.26 Å². The van der Waals surface area contributed by atoms with Gasteiger partial charge in [-0.3, -0.25) is 0 Å². The van der Waals surface area contributed by atoms with Crippen molar-refractivity contribution in [2.24, 2.45) is 5.10 Å². The predicted molar refractivity (Wildman–Crippen MR) is 82.8 cm³/mol. The van der Waals surface area contributed by atoms with Crippen LogP contribution >= 0.6 is 11.8 Å². The van der Waals surface area contributed by atoms with Gasteiger partial charge in [0.1, 0.15) is 5.69 Å². The SMILES string of the molecule is CSC(N/N=C\c1ccccc1)=[NH+]c1ccccc1.[I-]. The molecule has 104 valence electrons. The molecule has 2 aromatic rings. The summed E-state index contributed by atoms with van der Waals surface area (Å²) in [5, 5.41) is 5.10. The summed E-state index contributed by atoms with van der Waals surface area (Å²) < 4.78 is 0. The van der Waals surface area contributed by atoms with Crippen LogP contribution in [0.1, 0.15) is 5.56 Å². The number of para-hydroxylation sites is 1. The van der Waals surface area contributed by atoms with E-state index in [4.69, 9.17) is 0 Å². The number of amidine groups is 1. The number of thioether (sulfide) groups is 1. The number of nitrogens with zero attached hydrogens (tertiary/aromatic N) is 1. The van der Waals surface area contributed by atoms with E-state index in [1.165, 1.54) is 0 Å². The Labute approximate surface area is 140 Å². The van der Waals surface area contributed by atoms with E-state index in [0.29, 0.717) is 0 Å². The lowest BCUT2D eigenvalue weighted by Crippen LogP contribution is -3.00. The van der Waals surface area contributed by atoms with Crippen molar-refractivity contribution >= 4 is 28.8 Å². The number of benzene rings is 2. The van der Waals surface area contributed by atoms with Gasteiger partial charge in [-0.25, -0.2) is 4.99 Å². The molecule has 0 aliphatic heterocycles. The summed E-state index contributed by atoms with van der Waals surface area (Å²) in [6.45, 7) is 0. The first-order valence-corrected chi connectivity index (χ1v) is 7.18. The highest BCUT2D eigenvalue weighted by Crippen LogP contribution is 1.97. The molecular weight excluding hydrogens is 381 g/mol. The fraction of sp³-hybridized carbons (Fsp3) is 0.0667. The Bertz CT molecular complexity index is 556. The molecule has 0 aromatic heterocycles. The molecule has 0 heterocycles. The van der Waals surface area contributed by atoms with E-state index in [0.717, 1.165) is 16.4 Å². The van der Waals surface area contributed by atoms with E-state index >= 15 is 0 Å². The summed E-state index contributed by atoms with van der Waals surface area (Å²) in [6, 6.07) is 20.0. The van der Waals surface area contributed by atoms with Crippen LogP contribution in [0.25, 0.3) is 0 Å². The van der Waals surface area contributed by atoms with Crippen molar-refractivity contribution in [3.63, 3.8) is 0 Å². The first-order chi connectivity index (χ1) is 9.38. The summed E-state index contributed by atoms with van der Waals surface area (Å²) in [7, 11) is 0. The highest BCUT2D eigenvalue weighted by atomic mass is 127. The van der Waals surface area contributed by atoms with Crippen molar-refractivity contribution in [2.45, 2.75) is 0 Å². The van der Waals surface area contributed by atoms with Gasteiger partial charge in [0.05, 0.1) is 6.21 Å². The Hall–Kier alpha value is -1.34. The summed E-state index contributed by atoms with van der Waals surface area (Å²) in [5.74, 6) is 0. The standard InChI is InChI=1S/C15H15N3S.HI/c1-19-15(17-14-10-6-3-7-11-14)18-16-12-13-8-4-2-5-9-13;/h2-12H,1H3,(H,17,18);1H/b16-12-;. The first kappa shape index (κ1) is 16.7. The third kappa shape index (κ3) is 5.75. The maximum atomic E-state index is 4.21. The molecule has 0 fully saturated rings.